The molecule has 62 valence electrons. The fourth-order valence-electron chi connectivity index (χ4n) is 1.54. The zero-order chi connectivity index (χ0) is 8.27. The Hall–Kier alpha value is 0.0249. The van der Waals surface area contributed by atoms with E-state index < -0.39 is 0 Å². The maximum atomic E-state index is 5.70. The molecule has 0 saturated carbocycles. The number of hydrogen-bond acceptors (Lipinski definition) is 1. The first kappa shape index (κ1) is 9.12. The van der Waals surface area contributed by atoms with Crippen molar-refractivity contribution in [3.63, 3.8) is 0 Å². The van der Waals surface area contributed by atoms with Crippen molar-refractivity contribution in [1.29, 1.82) is 0 Å². The molecule has 1 nitrogen and oxygen atoms in total. The summed E-state index contributed by atoms with van der Waals surface area (Å²) >= 11 is 0. The normalized spacial score (nSPS) is 32.6. The molecule has 2 atom stereocenters. The van der Waals surface area contributed by atoms with E-state index in [-0.39, 0.29) is 0 Å². The predicted octanol–water partition coefficient (Wildman–Crippen LogP) is 2.17. The van der Waals surface area contributed by atoms with Crippen LogP contribution in [0.5, 0.6) is 0 Å². The fraction of sp³-hybridized carbons (Fsp3) is 1.00. The van der Waals surface area contributed by atoms with E-state index in [2.05, 4.69) is 13.8 Å². The van der Waals surface area contributed by atoms with E-state index in [1.165, 1.54) is 6.42 Å². The SMILES string of the molecule is [B]C1CCC(CC(C)C)OC1. The number of hydrogen-bond donors (Lipinski definition) is 0. The second kappa shape index (κ2) is 4.15. The summed E-state index contributed by atoms with van der Waals surface area (Å²) in [4.78, 5) is 0. The third-order valence-electron chi connectivity index (χ3n) is 2.14. The molecule has 1 aliphatic rings. The van der Waals surface area contributed by atoms with Crippen molar-refractivity contribution >= 4 is 7.85 Å². The van der Waals surface area contributed by atoms with Crippen LogP contribution in [0.25, 0.3) is 0 Å². The summed E-state index contributed by atoms with van der Waals surface area (Å²) in [5, 5.41) is 0. The quantitative estimate of drug-likeness (QED) is 0.551. The zero-order valence-electron chi connectivity index (χ0n) is 7.55. The van der Waals surface area contributed by atoms with E-state index in [1.807, 2.05) is 0 Å². The Morgan fingerprint density at radius 2 is 2.18 bits per heavy atom. The maximum Gasteiger partial charge on any atom is 0.0730 e. The van der Waals surface area contributed by atoms with Gasteiger partial charge < -0.3 is 4.74 Å². The minimum absolute atomic E-state index is 0.290. The first-order valence-electron chi connectivity index (χ1n) is 4.55. The molecule has 0 aliphatic carbocycles. The van der Waals surface area contributed by atoms with Crippen molar-refractivity contribution in [1.82, 2.24) is 0 Å². The summed E-state index contributed by atoms with van der Waals surface area (Å²) < 4.78 is 5.58. The van der Waals surface area contributed by atoms with E-state index in [0.29, 0.717) is 11.9 Å². The second-order valence-electron chi connectivity index (χ2n) is 3.92. The highest BCUT2D eigenvalue weighted by Gasteiger charge is 2.18. The fourth-order valence-corrected chi connectivity index (χ4v) is 1.54. The highest BCUT2D eigenvalue weighted by atomic mass is 16.5. The smallest absolute Gasteiger partial charge is 0.0730 e. The molecule has 2 heteroatoms. The maximum absolute atomic E-state index is 5.70. The summed E-state index contributed by atoms with van der Waals surface area (Å²) in [5.41, 5.74) is 0. The highest BCUT2D eigenvalue weighted by molar-refractivity contribution is 6.11. The van der Waals surface area contributed by atoms with Crippen LogP contribution in [-0.4, -0.2) is 20.6 Å². The minimum atomic E-state index is 0.290. The molecule has 0 spiro atoms. The lowest BCUT2D eigenvalue weighted by atomic mass is 9.81. The van der Waals surface area contributed by atoms with Gasteiger partial charge in [-0.3, -0.25) is 0 Å². The predicted molar refractivity (Wildman–Crippen MR) is 47.9 cm³/mol. The van der Waals surface area contributed by atoms with Crippen LogP contribution < -0.4 is 0 Å². The Kier molecular flexibility index (Phi) is 3.44. The molecule has 1 aliphatic heterocycles. The van der Waals surface area contributed by atoms with E-state index in [9.17, 15) is 0 Å². The van der Waals surface area contributed by atoms with Crippen LogP contribution in [-0.2, 0) is 4.74 Å². The van der Waals surface area contributed by atoms with Crippen LogP contribution in [0, 0.1) is 5.92 Å². The van der Waals surface area contributed by atoms with Crippen molar-refractivity contribution in [2.24, 2.45) is 5.92 Å². The molecule has 1 heterocycles. The second-order valence-corrected chi connectivity index (χ2v) is 3.92. The van der Waals surface area contributed by atoms with Crippen molar-refractivity contribution in [2.45, 2.75) is 45.0 Å². The first-order chi connectivity index (χ1) is 5.18. The monoisotopic (exact) mass is 152 g/mol. The summed E-state index contributed by atoms with van der Waals surface area (Å²) in [6.07, 6.45) is 3.96. The van der Waals surface area contributed by atoms with Gasteiger partial charge in [-0.05, 0) is 18.8 Å². The van der Waals surface area contributed by atoms with Crippen molar-refractivity contribution in [3.05, 3.63) is 0 Å². The van der Waals surface area contributed by atoms with Crippen molar-refractivity contribution < 1.29 is 4.74 Å². The van der Waals surface area contributed by atoms with Gasteiger partial charge in [0.1, 0.15) is 0 Å². The summed E-state index contributed by atoms with van der Waals surface area (Å²) in [6, 6.07) is 0. The Morgan fingerprint density at radius 1 is 1.45 bits per heavy atom. The van der Waals surface area contributed by atoms with Gasteiger partial charge in [-0.1, -0.05) is 26.1 Å². The Balaban J connectivity index is 2.17. The molecule has 1 rings (SSSR count). The lowest BCUT2D eigenvalue weighted by molar-refractivity contribution is 0.00484. The molecule has 0 aromatic carbocycles. The average molecular weight is 152 g/mol. The topological polar surface area (TPSA) is 9.23 Å². The van der Waals surface area contributed by atoms with Crippen molar-refractivity contribution in [3.8, 4) is 0 Å². The molecule has 1 fully saturated rings. The molecule has 0 aromatic rings. The van der Waals surface area contributed by atoms with Crippen LogP contribution in [0.2, 0.25) is 5.82 Å². The highest BCUT2D eigenvalue weighted by Crippen LogP contribution is 2.24. The van der Waals surface area contributed by atoms with E-state index in [4.69, 9.17) is 12.6 Å². The lowest BCUT2D eigenvalue weighted by Gasteiger charge is -2.28. The van der Waals surface area contributed by atoms with Gasteiger partial charge in [-0.15, -0.1) is 0 Å². The van der Waals surface area contributed by atoms with Crippen molar-refractivity contribution in [2.75, 3.05) is 6.61 Å². The van der Waals surface area contributed by atoms with E-state index in [0.717, 1.165) is 25.4 Å². The molecular formula is C9H17BO. The van der Waals surface area contributed by atoms with Crippen LogP contribution in [0.1, 0.15) is 33.1 Å². The Labute approximate surface area is 70.9 Å². The van der Waals surface area contributed by atoms with Gasteiger partial charge in [0.05, 0.1) is 14.0 Å². The minimum Gasteiger partial charge on any atom is -0.379 e. The van der Waals surface area contributed by atoms with E-state index >= 15 is 0 Å². The number of rotatable bonds is 2. The molecule has 0 aromatic heterocycles. The van der Waals surface area contributed by atoms with Gasteiger partial charge in [0.2, 0.25) is 0 Å². The standard InChI is InChI=1S/C9H17BO/c1-7(2)5-9-4-3-8(10)6-11-9/h7-9H,3-6H2,1-2H3. The lowest BCUT2D eigenvalue weighted by Crippen LogP contribution is -2.24. The van der Waals surface area contributed by atoms with Gasteiger partial charge in [0, 0.05) is 6.61 Å². The molecule has 2 unspecified atom stereocenters. The van der Waals surface area contributed by atoms with Gasteiger partial charge >= 0.3 is 0 Å². The third-order valence-corrected chi connectivity index (χ3v) is 2.14. The summed E-state index contributed by atoms with van der Waals surface area (Å²) in [7, 11) is 5.70. The van der Waals surface area contributed by atoms with Crippen LogP contribution >= 0.6 is 0 Å². The van der Waals surface area contributed by atoms with Gasteiger partial charge in [0.15, 0.2) is 0 Å². The largest absolute Gasteiger partial charge is 0.379 e. The molecule has 0 amide bonds. The Morgan fingerprint density at radius 3 is 2.64 bits per heavy atom. The molecule has 0 N–H and O–H groups in total. The van der Waals surface area contributed by atoms with Crippen LogP contribution in [0.3, 0.4) is 0 Å². The molecular weight excluding hydrogens is 135 g/mol. The first-order valence-corrected chi connectivity index (χ1v) is 4.55. The van der Waals surface area contributed by atoms with Crippen LogP contribution in [0.15, 0.2) is 0 Å². The Bertz CT molecular complexity index is 106. The molecule has 0 bridgehead atoms. The van der Waals surface area contributed by atoms with Gasteiger partial charge in [-0.25, -0.2) is 0 Å². The molecule has 1 saturated heterocycles. The third kappa shape index (κ3) is 3.28. The summed E-state index contributed by atoms with van der Waals surface area (Å²) in [6.45, 7) is 5.23. The van der Waals surface area contributed by atoms with Crippen LogP contribution in [0.4, 0.5) is 0 Å². The van der Waals surface area contributed by atoms with Gasteiger partial charge in [-0.2, -0.15) is 0 Å². The zero-order valence-corrected chi connectivity index (χ0v) is 7.55. The number of ether oxygens (including phenoxy) is 1. The van der Waals surface area contributed by atoms with E-state index in [1.54, 1.807) is 0 Å². The summed E-state index contributed by atoms with van der Waals surface area (Å²) in [5.74, 6) is 1.03. The molecule has 2 radical (unpaired) electrons. The average Bonchev–Trinajstić information content (AvgIpc) is 1.93. The van der Waals surface area contributed by atoms with Gasteiger partial charge in [0.25, 0.3) is 0 Å². The molecule has 11 heavy (non-hydrogen) atoms.